The smallest absolute Gasteiger partial charge is 0.243 e. The largest absolute Gasteiger partial charge is 0.492 e. The summed E-state index contributed by atoms with van der Waals surface area (Å²) in [5.74, 6) is 0.537. The average molecular weight is 475 g/mol. The minimum absolute atomic E-state index is 0.0227. The summed E-state index contributed by atoms with van der Waals surface area (Å²) in [4.78, 5) is 12.3. The number of carbonyl (C=O) groups excluding carboxylic acids is 1. The highest BCUT2D eigenvalue weighted by Gasteiger charge is 2.26. The number of sulfonamides is 1. The van der Waals surface area contributed by atoms with Gasteiger partial charge in [0.05, 0.1) is 24.7 Å². The number of nitrogens with zero attached hydrogens (tertiary/aromatic N) is 1. The highest BCUT2D eigenvalue weighted by molar-refractivity contribution is 7.89. The summed E-state index contributed by atoms with van der Waals surface area (Å²) in [5, 5.41) is 2.86. The van der Waals surface area contributed by atoms with Crippen molar-refractivity contribution < 1.29 is 22.7 Å². The van der Waals surface area contributed by atoms with Crippen molar-refractivity contribution in [2.24, 2.45) is 0 Å². The second-order valence-electron chi connectivity index (χ2n) is 9.13. The third-order valence-electron chi connectivity index (χ3n) is 5.59. The van der Waals surface area contributed by atoms with Crippen LogP contribution < -0.4 is 10.1 Å². The van der Waals surface area contributed by atoms with E-state index >= 15 is 0 Å². The Morgan fingerprint density at radius 3 is 2.27 bits per heavy atom. The Kier molecular flexibility index (Phi) is 8.51. The number of aryl methyl sites for hydroxylation is 1. The molecule has 1 N–H and O–H groups in total. The maximum Gasteiger partial charge on any atom is 0.243 e. The van der Waals surface area contributed by atoms with E-state index in [-0.39, 0.29) is 16.2 Å². The lowest BCUT2D eigenvalue weighted by Crippen LogP contribution is -2.40. The SMILES string of the molecule is CC(C)(C)c1ccc(CCC(=O)NCCOc2ccc(S(=O)(=O)N3CCOCC3)cc2)cc1. The second-order valence-corrected chi connectivity index (χ2v) is 11.1. The number of carbonyl (C=O) groups is 1. The van der Waals surface area contributed by atoms with Gasteiger partial charge in [0.25, 0.3) is 0 Å². The van der Waals surface area contributed by atoms with E-state index in [2.05, 4.69) is 50.4 Å². The maximum atomic E-state index is 12.6. The zero-order valence-corrected chi connectivity index (χ0v) is 20.5. The molecule has 0 spiro atoms. The fourth-order valence-electron chi connectivity index (χ4n) is 3.52. The van der Waals surface area contributed by atoms with Crippen LogP contribution in [0.1, 0.15) is 38.3 Å². The molecule has 0 radical (unpaired) electrons. The lowest BCUT2D eigenvalue weighted by Gasteiger charge is -2.26. The van der Waals surface area contributed by atoms with Gasteiger partial charge >= 0.3 is 0 Å². The van der Waals surface area contributed by atoms with Crippen LogP contribution in [0.3, 0.4) is 0 Å². The second kappa shape index (κ2) is 11.1. The molecule has 7 nitrogen and oxygen atoms in total. The van der Waals surface area contributed by atoms with E-state index in [4.69, 9.17) is 9.47 Å². The van der Waals surface area contributed by atoms with Crippen molar-refractivity contribution in [1.29, 1.82) is 0 Å². The van der Waals surface area contributed by atoms with Crippen LogP contribution in [0.5, 0.6) is 5.75 Å². The molecule has 1 aliphatic rings. The molecule has 0 atom stereocenters. The monoisotopic (exact) mass is 474 g/mol. The van der Waals surface area contributed by atoms with Crippen LogP contribution in [-0.2, 0) is 31.4 Å². The van der Waals surface area contributed by atoms with Gasteiger partial charge in [0.15, 0.2) is 0 Å². The van der Waals surface area contributed by atoms with Gasteiger partial charge in [-0.2, -0.15) is 4.31 Å². The molecule has 33 heavy (non-hydrogen) atoms. The quantitative estimate of drug-likeness (QED) is 0.565. The van der Waals surface area contributed by atoms with E-state index in [9.17, 15) is 13.2 Å². The molecule has 1 fully saturated rings. The van der Waals surface area contributed by atoms with Crippen LogP contribution in [0, 0.1) is 0 Å². The lowest BCUT2D eigenvalue weighted by molar-refractivity contribution is -0.121. The van der Waals surface area contributed by atoms with Crippen LogP contribution >= 0.6 is 0 Å². The fraction of sp³-hybridized carbons (Fsp3) is 0.480. The van der Waals surface area contributed by atoms with Gasteiger partial charge in [0, 0.05) is 19.5 Å². The first kappa shape index (κ1) is 25.2. The van der Waals surface area contributed by atoms with Gasteiger partial charge in [0.2, 0.25) is 15.9 Å². The number of amides is 1. The Morgan fingerprint density at radius 2 is 1.67 bits per heavy atom. The Labute approximate surface area is 197 Å². The summed E-state index contributed by atoms with van der Waals surface area (Å²) < 4.78 is 37.6. The van der Waals surface area contributed by atoms with Crippen LogP contribution in [0.4, 0.5) is 0 Å². The van der Waals surface area contributed by atoms with Crippen LogP contribution in [0.2, 0.25) is 0 Å². The third-order valence-corrected chi connectivity index (χ3v) is 7.50. The van der Waals surface area contributed by atoms with Crippen molar-refractivity contribution in [3.05, 3.63) is 59.7 Å². The van der Waals surface area contributed by atoms with Crippen molar-refractivity contribution >= 4 is 15.9 Å². The topological polar surface area (TPSA) is 84.9 Å². The first-order chi connectivity index (χ1) is 15.7. The minimum atomic E-state index is -3.51. The molecule has 0 unspecified atom stereocenters. The normalized spacial score (nSPS) is 15.2. The van der Waals surface area contributed by atoms with Crippen molar-refractivity contribution in [3.63, 3.8) is 0 Å². The average Bonchev–Trinajstić information content (AvgIpc) is 2.81. The molecule has 0 aromatic heterocycles. The van der Waals surface area contributed by atoms with E-state index in [1.54, 1.807) is 24.3 Å². The summed E-state index contributed by atoms with van der Waals surface area (Å²) in [7, 11) is -3.51. The lowest BCUT2D eigenvalue weighted by atomic mass is 9.86. The van der Waals surface area contributed by atoms with Crippen molar-refractivity contribution in [2.75, 3.05) is 39.5 Å². The first-order valence-electron chi connectivity index (χ1n) is 11.3. The Bertz CT molecular complexity index is 1010. The third kappa shape index (κ3) is 7.28. The molecule has 0 saturated carbocycles. The van der Waals surface area contributed by atoms with Crippen molar-refractivity contribution in [3.8, 4) is 5.75 Å². The molecule has 1 saturated heterocycles. The van der Waals surface area contributed by atoms with Crippen LogP contribution in [0.25, 0.3) is 0 Å². The molecule has 0 aliphatic carbocycles. The van der Waals surface area contributed by atoms with Crippen molar-refractivity contribution in [2.45, 2.75) is 43.9 Å². The maximum absolute atomic E-state index is 12.6. The molecule has 1 amide bonds. The summed E-state index contributed by atoms with van der Waals surface area (Å²) in [6.07, 6.45) is 1.11. The van der Waals surface area contributed by atoms with E-state index in [1.165, 1.54) is 9.87 Å². The van der Waals surface area contributed by atoms with Gasteiger partial charge in [0.1, 0.15) is 12.4 Å². The molecule has 1 aliphatic heterocycles. The first-order valence-corrected chi connectivity index (χ1v) is 12.8. The van der Waals surface area contributed by atoms with Crippen LogP contribution in [-0.4, -0.2) is 58.1 Å². The molecule has 1 heterocycles. The highest BCUT2D eigenvalue weighted by Crippen LogP contribution is 2.23. The Balaban J connectivity index is 1.37. The van der Waals surface area contributed by atoms with E-state index in [1.807, 2.05) is 0 Å². The number of morpholine rings is 1. The van der Waals surface area contributed by atoms with Gasteiger partial charge in [-0.15, -0.1) is 0 Å². The van der Waals surface area contributed by atoms with E-state index in [0.29, 0.717) is 58.0 Å². The molecule has 3 rings (SSSR count). The Morgan fingerprint density at radius 1 is 1.03 bits per heavy atom. The van der Waals surface area contributed by atoms with Gasteiger partial charge in [-0.3, -0.25) is 4.79 Å². The van der Waals surface area contributed by atoms with Gasteiger partial charge in [-0.05, 0) is 47.2 Å². The number of ether oxygens (including phenoxy) is 2. The molecular weight excluding hydrogens is 440 g/mol. The molecule has 2 aromatic carbocycles. The van der Waals surface area contributed by atoms with E-state index in [0.717, 1.165) is 5.56 Å². The predicted octanol–water partition coefficient (Wildman–Crippen LogP) is 3.13. The number of hydrogen-bond donors (Lipinski definition) is 1. The number of benzene rings is 2. The predicted molar refractivity (Wildman–Crippen MR) is 128 cm³/mol. The number of hydrogen-bond acceptors (Lipinski definition) is 5. The zero-order chi connectivity index (χ0) is 23.9. The number of rotatable bonds is 9. The number of nitrogens with one attached hydrogen (secondary N) is 1. The molecule has 180 valence electrons. The van der Waals surface area contributed by atoms with Gasteiger partial charge < -0.3 is 14.8 Å². The molecular formula is C25H34N2O5S. The summed E-state index contributed by atoms with van der Waals surface area (Å²) in [6, 6.07) is 14.8. The minimum Gasteiger partial charge on any atom is -0.492 e. The summed E-state index contributed by atoms with van der Waals surface area (Å²) in [5.41, 5.74) is 2.54. The summed E-state index contributed by atoms with van der Waals surface area (Å²) in [6.45, 7) is 8.78. The fourth-order valence-corrected chi connectivity index (χ4v) is 4.93. The van der Waals surface area contributed by atoms with Gasteiger partial charge in [-0.25, -0.2) is 8.42 Å². The van der Waals surface area contributed by atoms with Gasteiger partial charge in [-0.1, -0.05) is 45.0 Å². The summed E-state index contributed by atoms with van der Waals surface area (Å²) >= 11 is 0. The molecule has 2 aromatic rings. The highest BCUT2D eigenvalue weighted by atomic mass is 32.2. The zero-order valence-electron chi connectivity index (χ0n) is 19.7. The molecule has 8 heteroatoms. The van der Waals surface area contributed by atoms with Crippen molar-refractivity contribution in [1.82, 2.24) is 9.62 Å². The standard InChI is InChI=1S/C25H34N2O5S/c1-25(2,3)21-7-4-20(5-8-21)6-13-24(28)26-14-17-32-22-9-11-23(12-10-22)33(29,30)27-15-18-31-19-16-27/h4-5,7-12H,6,13-19H2,1-3H3,(H,26,28). The molecule has 0 bridgehead atoms. The van der Waals surface area contributed by atoms with E-state index < -0.39 is 10.0 Å². The van der Waals surface area contributed by atoms with Crippen LogP contribution in [0.15, 0.2) is 53.4 Å². The Hall–Kier alpha value is -2.42.